The number of ether oxygens (including phenoxy) is 2. The molecule has 0 bridgehead atoms. The molecular formula is C15H22ClNO2. The second kappa shape index (κ2) is 5.59. The van der Waals surface area contributed by atoms with E-state index in [2.05, 4.69) is 18.3 Å². The summed E-state index contributed by atoms with van der Waals surface area (Å²) in [6.45, 7) is 4.47. The molecule has 1 aromatic rings. The fourth-order valence-corrected chi connectivity index (χ4v) is 3.69. The van der Waals surface area contributed by atoms with Gasteiger partial charge in [0, 0.05) is 18.0 Å². The van der Waals surface area contributed by atoms with Crippen LogP contribution in [0, 0.1) is 12.8 Å². The summed E-state index contributed by atoms with van der Waals surface area (Å²) in [5, 5.41) is 3.53. The van der Waals surface area contributed by atoms with Gasteiger partial charge < -0.3 is 14.8 Å². The highest BCUT2D eigenvalue weighted by atomic mass is 35.5. The summed E-state index contributed by atoms with van der Waals surface area (Å²) in [6.07, 6.45) is 2.37. The Morgan fingerprint density at radius 2 is 2.00 bits per heavy atom. The van der Waals surface area contributed by atoms with E-state index in [1.165, 1.54) is 23.1 Å². The first-order valence-corrected chi connectivity index (χ1v) is 6.71. The molecule has 1 aliphatic carbocycles. The lowest BCUT2D eigenvalue weighted by molar-refractivity contribution is 0.343. The predicted molar refractivity (Wildman–Crippen MR) is 79.0 cm³/mol. The Hall–Kier alpha value is -0.930. The minimum absolute atomic E-state index is 0. The lowest BCUT2D eigenvalue weighted by atomic mass is 9.75. The average Bonchev–Trinajstić information content (AvgIpc) is 2.86. The van der Waals surface area contributed by atoms with E-state index in [1.807, 2.05) is 0 Å². The van der Waals surface area contributed by atoms with Crippen molar-refractivity contribution < 1.29 is 9.47 Å². The van der Waals surface area contributed by atoms with E-state index >= 15 is 0 Å². The van der Waals surface area contributed by atoms with Crippen LogP contribution in [-0.4, -0.2) is 27.3 Å². The smallest absolute Gasteiger partial charge is 0.164 e. The maximum absolute atomic E-state index is 5.59. The van der Waals surface area contributed by atoms with Crippen LogP contribution in [0.15, 0.2) is 6.07 Å². The number of benzene rings is 1. The summed E-state index contributed by atoms with van der Waals surface area (Å²) in [6, 6.07) is 2.12. The number of nitrogens with one attached hydrogen (secondary N) is 1. The molecule has 0 radical (unpaired) electrons. The van der Waals surface area contributed by atoms with Crippen LogP contribution in [0.25, 0.3) is 0 Å². The van der Waals surface area contributed by atoms with Crippen LogP contribution in [0.2, 0.25) is 0 Å². The van der Waals surface area contributed by atoms with Crippen molar-refractivity contribution in [3.8, 4) is 11.5 Å². The normalized spacial score (nSPS) is 24.2. The average molecular weight is 284 g/mol. The van der Waals surface area contributed by atoms with Crippen molar-refractivity contribution in [2.45, 2.75) is 25.7 Å². The fraction of sp³-hybridized carbons (Fsp3) is 0.600. The van der Waals surface area contributed by atoms with Crippen LogP contribution >= 0.6 is 12.4 Å². The Kier molecular flexibility index (Phi) is 4.26. The number of rotatable bonds is 2. The zero-order valence-electron chi connectivity index (χ0n) is 11.8. The van der Waals surface area contributed by atoms with Gasteiger partial charge in [0.2, 0.25) is 0 Å². The maximum atomic E-state index is 5.59. The molecule has 0 amide bonds. The second-order valence-electron chi connectivity index (χ2n) is 5.38. The summed E-state index contributed by atoms with van der Waals surface area (Å²) in [5.74, 6) is 3.28. The third-order valence-electron chi connectivity index (χ3n) is 4.50. The molecule has 1 saturated heterocycles. The molecule has 2 unspecified atom stereocenters. The first kappa shape index (κ1) is 14.5. The summed E-state index contributed by atoms with van der Waals surface area (Å²) in [7, 11) is 3.46. The molecule has 0 saturated carbocycles. The largest absolute Gasteiger partial charge is 0.493 e. The summed E-state index contributed by atoms with van der Waals surface area (Å²) in [5.41, 5.74) is 4.23. The van der Waals surface area contributed by atoms with Gasteiger partial charge in [-0.15, -0.1) is 12.4 Å². The van der Waals surface area contributed by atoms with Gasteiger partial charge in [-0.05, 0) is 49.4 Å². The van der Waals surface area contributed by atoms with Gasteiger partial charge in [0.05, 0.1) is 14.2 Å². The molecule has 1 aromatic carbocycles. The lowest BCUT2D eigenvalue weighted by Gasteiger charge is -2.31. The van der Waals surface area contributed by atoms with E-state index < -0.39 is 0 Å². The Labute approximate surface area is 121 Å². The summed E-state index contributed by atoms with van der Waals surface area (Å²) < 4.78 is 11.0. The van der Waals surface area contributed by atoms with Crippen molar-refractivity contribution in [1.29, 1.82) is 0 Å². The molecule has 1 aliphatic heterocycles. The zero-order valence-corrected chi connectivity index (χ0v) is 12.6. The first-order valence-electron chi connectivity index (χ1n) is 6.71. The lowest BCUT2D eigenvalue weighted by Crippen LogP contribution is -2.21. The van der Waals surface area contributed by atoms with E-state index in [1.54, 1.807) is 14.2 Å². The van der Waals surface area contributed by atoms with Crippen LogP contribution in [0.1, 0.15) is 29.0 Å². The first-order chi connectivity index (χ1) is 8.76. The minimum Gasteiger partial charge on any atom is -0.493 e. The number of fused-ring (bicyclic) bond motifs is 3. The number of hydrogen-bond acceptors (Lipinski definition) is 3. The Morgan fingerprint density at radius 1 is 1.21 bits per heavy atom. The molecule has 19 heavy (non-hydrogen) atoms. The molecule has 106 valence electrons. The molecular weight excluding hydrogens is 262 g/mol. The minimum atomic E-state index is 0. The topological polar surface area (TPSA) is 30.5 Å². The molecule has 3 nitrogen and oxygen atoms in total. The third-order valence-corrected chi connectivity index (χ3v) is 4.50. The monoisotopic (exact) mass is 283 g/mol. The molecule has 1 N–H and O–H groups in total. The van der Waals surface area contributed by atoms with Crippen LogP contribution in [0.4, 0.5) is 0 Å². The molecule has 2 aliphatic rings. The number of methoxy groups -OCH3 is 2. The van der Waals surface area contributed by atoms with Crippen LogP contribution in [0.3, 0.4) is 0 Å². The second-order valence-corrected chi connectivity index (χ2v) is 5.38. The molecule has 1 fully saturated rings. The van der Waals surface area contributed by atoms with Gasteiger partial charge in [-0.3, -0.25) is 0 Å². The van der Waals surface area contributed by atoms with Gasteiger partial charge in [0.15, 0.2) is 11.5 Å². The summed E-state index contributed by atoms with van der Waals surface area (Å²) in [4.78, 5) is 0. The van der Waals surface area contributed by atoms with Crippen molar-refractivity contribution in [2.75, 3.05) is 27.3 Å². The summed E-state index contributed by atoms with van der Waals surface area (Å²) >= 11 is 0. The molecule has 0 aromatic heterocycles. The van der Waals surface area contributed by atoms with Crippen molar-refractivity contribution in [1.82, 2.24) is 5.32 Å². The van der Waals surface area contributed by atoms with Gasteiger partial charge in [0.25, 0.3) is 0 Å². The Morgan fingerprint density at radius 3 is 2.68 bits per heavy atom. The standard InChI is InChI=1S/C15H21NO2.ClH/c1-9-6-13(17-2)15(18-3)11-5-4-10-7-16-8-12(10)14(9)11;/h6,10,12,16H,4-5,7-8H2,1-3H3;1H. The van der Waals surface area contributed by atoms with Gasteiger partial charge in [-0.2, -0.15) is 0 Å². The SMILES string of the molecule is COc1cc(C)c2c(c1OC)CCC1CNCC21.Cl. The van der Waals surface area contributed by atoms with Gasteiger partial charge >= 0.3 is 0 Å². The van der Waals surface area contributed by atoms with E-state index in [0.29, 0.717) is 5.92 Å². The van der Waals surface area contributed by atoms with Gasteiger partial charge in [-0.1, -0.05) is 0 Å². The number of halogens is 1. The number of hydrogen-bond donors (Lipinski definition) is 1. The molecule has 2 atom stereocenters. The predicted octanol–water partition coefficient (Wildman–Crippen LogP) is 2.68. The molecule has 1 heterocycles. The van der Waals surface area contributed by atoms with E-state index in [-0.39, 0.29) is 12.4 Å². The van der Waals surface area contributed by atoms with Crippen molar-refractivity contribution in [2.24, 2.45) is 5.92 Å². The van der Waals surface area contributed by atoms with Gasteiger partial charge in [0.1, 0.15) is 0 Å². The molecule has 3 rings (SSSR count). The third kappa shape index (κ3) is 2.19. The fourth-order valence-electron chi connectivity index (χ4n) is 3.69. The van der Waals surface area contributed by atoms with Crippen LogP contribution in [-0.2, 0) is 6.42 Å². The van der Waals surface area contributed by atoms with E-state index in [9.17, 15) is 0 Å². The highest BCUT2D eigenvalue weighted by Gasteiger charge is 2.36. The molecule has 4 heteroatoms. The van der Waals surface area contributed by atoms with Crippen LogP contribution in [0.5, 0.6) is 11.5 Å². The Bertz CT molecular complexity index is 476. The van der Waals surface area contributed by atoms with Crippen molar-refractivity contribution in [3.63, 3.8) is 0 Å². The van der Waals surface area contributed by atoms with Crippen LogP contribution < -0.4 is 14.8 Å². The zero-order chi connectivity index (χ0) is 12.7. The number of aryl methyl sites for hydroxylation is 1. The quantitative estimate of drug-likeness (QED) is 0.905. The van der Waals surface area contributed by atoms with E-state index in [0.717, 1.165) is 36.9 Å². The Balaban J connectivity index is 0.00000133. The highest BCUT2D eigenvalue weighted by Crippen LogP contribution is 2.46. The van der Waals surface area contributed by atoms with Crippen molar-refractivity contribution >= 4 is 12.4 Å². The molecule has 0 spiro atoms. The van der Waals surface area contributed by atoms with E-state index in [4.69, 9.17) is 9.47 Å². The van der Waals surface area contributed by atoms with Crippen molar-refractivity contribution in [3.05, 3.63) is 22.8 Å². The van der Waals surface area contributed by atoms with Gasteiger partial charge in [-0.25, -0.2) is 0 Å². The maximum Gasteiger partial charge on any atom is 0.164 e. The highest BCUT2D eigenvalue weighted by molar-refractivity contribution is 5.85.